The van der Waals surface area contributed by atoms with E-state index >= 15 is 0 Å². The van der Waals surface area contributed by atoms with E-state index in [1.54, 1.807) is 11.8 Å². The third-order valence-electron chi connectivity index (χ3n) is 1.80. The highest BCUT2D eigenvalue weighted by atomic mass is 32.2. The predicted molar refractivity (Wildman–Crippen MR) is 55.0 cm³/mol. The van der Waals surface area contributed by atoms with Gasteiger partial charge in [0.15, 0.2) is 5.17 Å². The number of nitrogens with one attached hydrogen (secondary N) is 1. The first kappa shape index (κ1) is 8.69. The lowest BCUT2D eigenvalue weighted by Crippen LogP contribution is -2.17. The molecule has 1 aliphatic heterocycles. The van der Waals surface area contributed by atoms with Crippen LogP contribution in [0.2, 0.25) is 0 Å². The van der Waals surface area contributed by atoms with Gasteiger partial charge in [0, 0.05) is 5.75 Å². The topological polar surface area (TPSA) is 37.5 Å². The van der Waals surface area contributed by atoms with E-state index in [4.69, 9.17) is 4.42 Å². The molecule has 0 saturated carbocycles. The zero-order valence-corrected chi connectivity index (χ0v) is 8.36. The largest absolute Gasteiger partial charge is 0.465 e. The van der Waals surface area contributed by atoms with Crippen molar-refractivity contribution in [1.82, 2.24) is 5.32 Å². The molecule has 0 saturated heterocycles. The number of hydrogen-bond donors (Lipinski definition) is 1. The van der Waals surface area contributed by atoms with E-state index in [9.17, 15) is 0 Å². The first-order valence-electron chi connectivity index (χ1n) is 4.31. The number of thioether (sulfide) groups is 1. The molecule has 0 amide bonds. The number of furan rings is 1. The molecule has 0 aromatic carbocycles. The Morgan fingerprint density at radius 3 is 3.15 bits per heavy atom. The molecule has 0 radical (unpaired) electrons. The van der Waals surface area contributed by atoms with Crippen LogP contribution in [0.5, 0.6) is 0 Å². The second kappa shape index (κ2) is 3.87. The average molecular weight is 196 g/mol. The van der Waals surface area contributed by atoms with Gasteiger partial charge in [-0.05, 0) is 19.1 Å². The van der Waals surface area contributed by atoms with Gasteiger partial charge in [0.05, 0.1) is 13.1 Å². The standard InChI is InChI=1S/C9H12N2OS/c1-7-2-3-8(12-7)6-11-9-10-4-5-13-9/h2-3H,4-6H2,1H3,(H,10,11). The van der Waals surface area contributed by atoms with E-state index in [1.807, 2.05) is 19.1 Å². The van der Waals surface area contributed by atoms with E-state index in [2.05, 4.69) is 10.3 Å². The zero-order chi connectivity index (χ0) is 9.10. The Balaban J connectivity index is 1.85. The molecule has 1 aromatic heterocycles. The third kappa shape index (κ3) is 2.28. The third-order valence-corrected chi connectivity index (χ3v) is 2.73. The van der Waals surface area contributed by atoms with Crippen molar-refractivity contribution < 1.29 is 4.42 Å². The molecule has 1 N–H and O–H groups in total. The van der Waals surface area contributed by atoms with Crippen molar-refractivity contribution in [3.63, 3.8) is 0 Å². The van der Waals surface area contributed by atoms with Crippen molar-refractivity contribution in [2.75, 3.05) is 12.3 Å². The van der Waals surface area contributed by atoms with Crippen LogP contribution < -0.4 is 5.32 Å². The van der Waals surface area contributed by atoms with Gasteiger partial charge in [-0.15, -0.1) is 0 Å². The maximum Gasteiger partial charge on any atom is 0.157 e. The van der Waals surface area contributed by atoms with Crippen LogP contribution in [0.4, 0.5) is 0 Å². The van der Waals surface area contributed by atoms with Gasteiger partial charge in [-0.1, -0.05) is 11.8 Å². The van der Waals surface area contributed by atoms with Crippen molar-refractivity contribution in [1.29, 1.82) is 0 Å². The second-order valence-electron chi connectivity index (χ2n) is 2.90. The minimum absolute atomic E-state index is 0.736. The van der Waals surface area contributed by atoms with Gasteiger partial charge >= 0.3 is 0 Å². The summed E-state index contributed by atoms with van der Waals surface area (Å²) in [5.74, 6) is 3.02. The van der Waals surface area contributed by atoms with E-state index in [1.165, 1.54) is 0 Å². The molecule has 1 aromatic rings. The Labute approximate surface area is 81.6 Å². The summed E-state index contributed by atoms with van der Waals surface area (Å²) >= 11 is 1.77. The van der Waals surface area contributed by atoms with Crippen molar-refractivity contribution in [3.05, 3.63) is 23.7 Å². The normalized spacial score (nSPS) is 15.9. The molecule has 0 bridgehead atoms. The lowest BCUT2D eigenvalue weighted by molar-refractivity contribution is 0.478. The molecular formula is C9H12N2OS. The lowest BCUT2D eigenvalue weighted by Gasteiger charge is -2.01. The van der Waals surface area contributed by atoms with Gasteiger partial charge in [0.2, 0.25) is 0 Å². The molecule has 1 aliphatic rings. The van der Waals surface area contributed by atoms with Crippen LogP contribution in [0.25, 0.3) is 0 Å². The molecule has 2 heterocycles. The van der Waals surface area contributed by atoms with Crippen molar-refractivity contribution in [3.8, 4) is 0 Å². The van der Waals surface area contributed by atoms with Crippen LogP contribution in [0.15, 0.2) is 21.5 Å². The summed E-state index contributed by atoms with van der Waals surface area (Å²) < 4.78 is 5.42. The van der Waals surface area contributed by atoms with Crippen molar-refractivity contribution in [2.45, 2.75) is 13.5 Å². The van der Waals surface area contributed by atoms with Crippen LogP contribution in [0.1, 0.15) is 11.5 Å². The highest BCUT2D eigenvalue weighted by Gasteiger charge is 2.06. The summed E-state index contributed by atoms with van der Waals surface area (Å²) in [5, 5.41) is 4.27. The highest BCUT2D eigenvalue weighted by Crippen LogP contribution is 2.11. The van der Waals surface area contributed by atoms with Crippen LogP contribution in [0.3, 0.4) is 0 Å². The molecule has 2 rings (SSSR count). The Hall–Kier alpha value is -0.900. The Bertz CT molecular complexity index is 319. The van der Waals surface area contributed by atoms with Crippen molar-refractivity contribution in [2.24, 2.45) is 4.99 Å². The fourth-order valence-electron chi connectivity index (χ4n) is 1.18. The quantitative estimate of drug-likeness (QED) is 0.783. The van der Waals surface area contributed by atoms with Gasteiger partial charge < -0.3 is 9.73 Å². The first-order chi connectivity index (χ1) is 6.34. The van der Waals surface area contributed by atoms with Gasteiger partial charge in [0.25, 0.3) is 0 Å². The number of amidine groups is 1. The maximum atomic E-state index is 5.42. The summed E-state index contributed by atoms with van der Waals surface area (Å²) in [6, 6.07) is 3.96. The monoisotopic (exact) mass is 196 g/mol. The zero-order valence-electron chi connectivity index (χ0n) is 7.54. The van der Waals surface area contributed by atoms with Gasteiger partial charge in [-0.2, -0.15) is 0 Å². The smallest absolute Gasteiger partial charge is 0.157 e. The molecule has 0 spiro atoms. The number of aliphatic imine (C=N–C) groups is 1. The van der Waals surface area contributed by atoms with Gasteiger partial charge in [-0.25, -0.2) is 0 Å². The number of nitrogens with zero attached hydrogens (tertiary/aromatic N) is 1. The summed E-state index contributed by atoms with van der Waals surface area (Å²) in [4.78, 5) is 4.28. The number of hydrogen-bond acceptors (Lipinski definition) is 4. The fraction of sp³-hybridized carbons (Fsp3) is 0.444. The summed E-state index contributed by atoms with van der Waals surface area (Å²) in [6.07, 6.45) is 0. The van der Waals surface area contributed by atoms with Crippen LogP contribution >= 0.6 is 11.8 Å². The predicted octanol–water partition coefficient (Wildman–Crippen LogP) is 1.78. The molecule has 0 aliphatic carbocycles. The average Bonchev–Trinajstić information content (AvgIpc) is 2.71. The Kier molecular flexibility index (Phi) is 2.59. The Morgan fingerprint density at radius 1 is 1.62 bits per heavy atom. The van der Waals surface area contributed by atoms with E-state index in [0.717, 1.165) is 35.5 Å². The Morgan fingerprint density at radius 2 is 2.54 bits per heavy atom. The van der Waals surface area contributed by atoms with Gasteiger partial charge in [0.1, 0.15) is 11.5 Å². The van der Waals surface area contributed by atoms with E-state index in [-0.39, 0.29) is 0 Å². The SMILES string of the molecule is Cc1ccc(CNC2=NCCS2)o1. The van der Waals surface area contributed by atoms with Gasteiger partial charge in [-0.3, -0.25) is 4.99 Å². The molecule has 0 atom stereocenters. The van der Waals surface area contributed by atoms with Crippen molar-refractivity contribution >= 4 is 16.9 Å². The van der Waals surface area contributed by atoms with E-state index < -0.39 is 0 Å². The first-order valence-corrected chi connectivity index (χ1v) is 5.29. The molecule has 3 nitrogen and oxygen atoms in total. The number of aryl methyl sites for hydroxylation is 1. The second-order valence-corrected chi connectivity index (χ2v) is 3.98. The highest BCUT2D eigenvalue weighted by molar-refractivity contribution is 8.14. The summed E-state index contributed by atoms with van der Waals surface area (Å²) in [7, 11) is 0. The molecular weight excluding hydrogens is 184 g/mol. The van der Waals surface area contributed by atoms with Crippen LogP contribution in [0, 0.1) is 6.92 Å². The molecule has 4 heteroatoms. The lowest BCUT2D eigenvalue weighted by atomic mass is 10.4. The van der Waals surface area contributed by atoms with E-state index in [0.29, 0.717) is 0 Å². The van der Waals surface area contributed by atoms with Crippen LogP contribution in [-0.2, 0) is 6.54 Å². The summed E-state index contributed by atoms with van der Waals surface area (Å²) in [5.41, 5.74) is 0. The van der Waals surface area contributed by atoms with Crippen LogP contribution in [-0.4, -0.2) is 17.5 Å². The fourth-order valence-corrected chi connectivity index (χ4v) is 1.92. The maximum absolute atomic E-state index is 5.42. The molecule has 0 unspecified atom stereocenters. The minimum atomic E-state index is 0.736. The molecule has 0 fully saturated rings. The number of rotatable bonds is 2. The summed E-state index contributed by atoms with van der Waals surface area (Å²) in [6.45, 7) is 3.62. The molecule has 13 heavy (non-hydrogen) atoms. The minimum Gasteiger partial charge on any atom is -0.465 e. The molecule has 70 valence electrons.